The number of carboxylic acids is 1. The summed E-state index contributed by atoms with van der Waals surface area (Å²) in [6, 6.07) is 1.61. The van der Waals surface area contributed by atoms with Gasteiger partial charge in [0.05, 0.1) is 0 Å². The van der Waals surface area contributed by atoms with E-state index in [9.17, 15) is 4.79 Å². The predicted octanol–water partition coefficient (Wildman–Crippen LogP) is 2.36. The molecule has 0 aromatic carbocycles. The van der Waals surface area contributed by atoms with Gasteiger partial charge in [0.1, 0.15) is 5.75 Å². The van der Waals surface area contributed by atoms with E-state index in [2.05, 4.69) is 10.1 Å². The highest BCUT2D eigenvalue weighted by Gasteiger charge is 2.14. The maximum atomic E-state index is 10.9. The molecular weight excluding hydrogens is 256 g/mol. The van der Waals surface area contributed by atoms with Crippen LogP contribution in [0, 0.1) is 0 Å². The first-order valence-corrected chi connectivity index (χ1v) is 6.33. The maximum Gasteiger partial charge on any atom is 0.349 e. The highest BCUT2D eigenvalue weighted by Crippen LogP contribution is 2.25. The number of thiophene rings is 1. The summed E-state index contributed by atoms with van der Waals surface area (Å²) in [6.45, 7) is 2.10. The Morgan fingerprint density at radius 3 is 3.17 bits per heavy atom. The van der Waals surface area contributed by atoms with E-state index < -0.39 is 5.97 Å². The number of aromatic nitrogens is 2. The number of nitrogens with zero attached hydrogens (tertiary/aromatic N) is 2. The minimum absolute atomic E-state index is 0.0771. The summed E-state index contributed by atoms with van der Waals surface area (Å²) in [4.78, 5) is 15.2. The van der Waals surface area contributed by atoms with Crippen LogP contribution in [0.3, 0.4) is 0 Å². The maximum absolute atomic E-state index is 10.9. The lowest BCUT2D eigenvalue weighted by molar-refractivity contribution is 0.0697. The zero-order valence-electron chi connectivity index (χ0n) is 9.75. The fourth-order valence-corrected chi connectivity index (χ4v) is 2.05. The smallest absolute Gasteiger partial charge is 0.349 e. The fourth-order valence-electron chi connectivity index (χ4n) is 1.38. The van der Waals surface area contributed by atoms with Gasteiger partial charge in [-0.3, -0.25) is 0 Å². The van der Waals surface area contributed by atoms with Crippen molar-refractivity contribution in [2.24, 2.45) is 0 Å². The van der Waals surface area contributed by atoms with Gasteiger partial charge in [0.25, 0.3) is 5.89 Å². The first kappa shape index (κ1) is 12.6. The third-order valence-corrected chi connectivity index (χ3v) is 3.04. The first-order valence-electron chi connectivity index (χ1n) is 5.45. The molecule has 0 aliphatic carbocycles. The number of ether oxygens (including phenoxy) is 1. The Kier molecular flexibility index (Phi) is 3.93. The van der Waals surface area contributed by atoms with Crippen molar-refractivity contribution in [3.63, 3.8) is 0 Å². The van der Waals surface area contributed by atoms with E-state index in [4.69, 9.17) is 14.4 Å². The van der Waals surface area contributed by atoms with Crippen LogP contribution in [0.15, 0.2) is 16.0 Å². The molecule has 0 saturated carbocycles. The van der Waals surface area contributed by atoms with Crippen LogP contribution >= 0.6 is 11.3 Å². The summed E-state index contributed by atoms with van der Waals surface area (Å²) in [5, 5.41) is 14.4. The molecule has 7 heteroatoms. The molecule has 0 fully saturated rings. The molecule has 0 radical (unpaired) electrons. The van der Waals surface area contributed by atoms with Gasteiger partial charge in [-0.05, 0) is 17.9 Å². The van der Waals surface area contributed by atoms with Gasteiger partial charge in [0.15, 0.2) is 17.3 Å². The molecule has 2 aromatic heterocycles. The number of rotatable bonds is 6. The SMILES string of the molecule is CCCc1noc(COc2ccsc2C(=O)O)n1. The van der Waals surface area contributed by atoms with Crippen LogP contribution in [0.1, 0.15) is 34.7 Å². The molecule has 96 valence electrons. The highest BCUT2D eigenvalue weighted by molar-refractivity contribution is 7.12. The molecule has 2 rings (SSSR count). The van der Waals surface area contributed by atoms with Crippen molar-refractivity contribution < 1.29 is 19.2 Å². The van der Waals surface area contributed by atoms with Gasteiger partial charge in [-0.15, -0.1) is 11.3 Å². The molecule has 0 aliphatic rings. The molecule has 0 bridgehead atoms. The second kappa shape index (κ2) is 5.63. The Balaban J connectivity index is 1.98. The lowest BCUT2D eigenvalue weighted by Crippen LogP contribution is -2.00. The summed E-state index contributed by atoms with van der Waals surface area (Å²) in [5.41, 5.74) is 0. The molecule has 0 atom stereocenters. The molecule has 1 N–H and O–H groups in total. The van der Waals surface area contributed by atoms with E-state index in [1.807, 2.05) is 6.92 Å². The lowest BCUT2D eigenvalue weighted by Gasteiger charge is -2.00. The third-order valence-electron chi connectivity index (χ3n) is 2.16. The topological polar surface area (TPSA) is 85.5 Å². The van der Waals surface area contributed by atoms with Crippen molar-refractivity contribution in [2.75, 3.05) is 0 Å². The molecule has 6 nitrogen and oxygen atoms in total. The number of carboxylic acid groups (broad SMARTS) is 1. The second-order valence-electron chi connectivity index (χ2n) is 3.56. The van der Waals surface area contributed by atoms with Crippen molar-refractivity contribution in [3.05, 3.63) is 28.0 Å². The van der Waals surface area contributed by atoms with Crippen LogP contribution in [0.5, 0.6) is 5.75 Å². The van der Waals surface area contributed by atoms with Crippen LogP contribution in [-0.4, -0.2) is 21.2 Å². The summed E-state index contributed by atoms with van der Waals surface area (Å²) in [6.07, 6.45) is 1.69. The van der Waals surface area contributed by atoms with Crippen LogP contribution in [0.25, 0.3) is 0 Å². The lowest BCUT2D eigenvalue weighted by atomic mass is 10.3. The van der Waals surface area contributed by atoms with E-state index in [1.54, 1.807) is 11.4 Å². The quantitative estimate of drug-likeness (QED) is 0.865. The van der Waals surface area contributed by atoms with Crippen molar-refractivity contribution >= 4 is 17.3 Å². The number of aryl methyl sites for hydroxylation is 1. The largest absolute Gasteiger partial charge is 0.482 e. The molecule has 0 spiro atoms. The predicted molar refractivity (Wildman–Crippen MR) is 63.9 cm³/mol. The minimum Gasteiger partial charge on any atom is -0.482 e. The Morgan fingerprint density at radius 1 is 1.61 bits per heavy atom. The molecule has 18 heavy (non-hydrogen) atoms. The van der Waals surface area contributed by atoms with Gasteiger partial charge in [-0.1, -0.05) is 12.1 Å². The number of aromatic carboxylic acids is 1. The van der Waals surface area contributed by atoms with E-state index in [0.717, 1.165) is 24.2 Å². The molecular formula is C11H12N2O4S. The number of hydrogen-bond acceptors (Lipinski definition) is 6. The Labute approximate surface area is 107 Å². The monoisotopic (exact) mass is 268 g/mol. The van der Waals surface area contributed by atoms with Gasteiger partial charge in [-0.2, -0.15) is 4.98 Å². The van der Waals surface area contributed by atoms with Crippen molar-refractivity contribution in [1.29, 1.82) is 0 Å². The van der Waals surface area contributed by atoms with Crippen molar-refractivity contribution in [3.8, 4) is 5.75 Å². The molecule has 0 unspecified atom stereocenters. The zero-order valence-corrected chi connectivity index (χ0v) is 10.6. The number of hydrogen-bond donors (Lipinski definition) is 1. The Morgan fingerprint density at radius 2 is 2.44 bits per heavy atom. The Hall–Kier alpha value is -1.89. The zero-order chi connectivity index (χ0) is 13.0. The first-order chi connectivity index (χ1) is 8.70. The van der Waals surface area contributed by atoms with E-state index in [-0.39, 0.29) is 11.5 Å². The van der Waals surface area contributed by atoms with E-state index >= 15 is 0 Å². The van der Waals surface area contributed by atoms with Gasteiger partial charge in [0.2, 0.25) is 0 Å². The molecule has 0 aliphatic heterocycles. The second-order valence-corrected chi connectivity index (χ2v) is 4.48. The standard InChI is InChI=1S/C11H12N2O4S/c1-2-3-8-12-9(17-13-8)6-16-7-4-5-18-10(7)11(14)15/h4-5H,2-3,6H2,1H3,(H,14,15). The van der Waals surface area contributed by atoms with Gasteiger partial charge in [-0.25, -0.2) is 4.79 Å². The van der Waals surface area contributed by atoms with Crippen LogP contribution in [0.4, 0.5) is 0 Å². The van der Waals surface area contributed by atoms with E-state index in [0.29, 0.717) is 17.5 Å². The van der Waals surface area contributed by atoms with Gasteiger partial charge < -0.3 is 14.4 Å². The fraction of sp³-hybridized carbons (Fsp3) is 0.364. The van der Waals surface area contributed by atoms with Crippen LogP contribution < -0.4 is 4.74 Å². The molecule has 0 amide bonds. The summed E-state index contributed by atoms with van der Waals surface area (Å²) in [7, 11) is 0. The van der Waals surface area contributed by atoms with Crippen molar-refractivity contribution in [1.82, 2.24) is 10.1 Å². The average Bonchev–Trinajstić information content (AvgIpc) is 2.95. The van der Waals surface area contributed by atoms with Crippen LogP contribution in [-0.2, 0) is 13.0 Å². The summed E-state index contributed by atoms with van der Waals surface area (Å²) < 4.78 is 10.3. The van der Waals surface area contributed by atoms with Crippen LogP contribution in [0.2, 0.25) is 0 Å². The van der Waals surface area contributed by atoms with Gasteiger partial charge >= 0.3 is 5.97 Å². The van der Waals surface area contributed by atoms with E-state index in [1.165, 1.54) is 0 Å². The molecule has 0 saturated heterocycles. The normalized spacial score (nSPS) is 10.5. The average molecular weight is 268 g/mol. The number of carbonyl (C=O) groups is 1. The highest BCUT2D eigenvalue weighted by atomic mass is 32.1. The molecule has 2 aromatic rings. The summed E-state index contributed by atoms with van der Waals surface area (Å²) in [5.74, 6) is 0.306. The van der Waals surface area contributed by atoms with Crippen molar-refractivity contribution in [2.45, 2.75) is 26.4 Å². The molecule has 2 heterocycles. The third kappa shape index (κ3) is 2.86. The Bertz CT molecular complexity index is 535. The summed E-state index contributed by atoms with van der Waals surface area (Å²) >= 11 is 1.11. The minimum atomic E-state index is -1.00. The van der Waals surface area contributed by atoms with Gasteiger partial charge in [0, 0.05) is 6.42 Å².